The van der Waals surface area contributed by atoms with E-state index in [0.717, 1.165) is 16.9 Å². The van der Waals surface area contributed by atoms with Crippen molar-refractivity contribution in [2.45, 2.75) is 23.8 Å². The van der Waals surface area contributed by atoms with E-state index in [0.29, 0.717) is 10.5 Å². The second-order valence-corrected chi connectivity index (χ2v) is 8.29. The highest BCUT2D eigenvalue weighted by Gasteiger charge is 2.28. The summed E-state index contributed by atoms with van der Waals surface area (Å²) in [5, 5.41) is 4.72. The zero-order chi connectivity index (χ0) is 13.9. The van der Waals surface area contributed by atoms with Crippen LogP contribution >= 0.6 is 34.9 Å². The minimum atomic E-state index is 0.561. The molecule has 1 aromatic carbocycles. The standard InChI is InChI=1S/C15H18N2S3/c1-2-13-14(19-8-7-18-13)15-17-12(9-20-15)10-3-5-11(16)6-4-10/h3-6,9,13-14H,2,7-8,16H2,1H3. The van der Waals surface area contributed by atoms with Crippen LogP contribution in [0.25, 0.3) is 11.3 Å². The summed E-state index contributed by atoms with van der Waals surface area (Å²) >= 11 is 5.97. The number of hydrogen-bond donors (Lipinski definition) is 1. The van der Waals surface area contributed by atoms with E-state index in [9.17, 15) is 0 Å². The maximum atomic E-state index is 5.74. The maximum absolute atomic E-state index is 5.74. The highest BCUT2D eigenvalue weighted by Crippen LogP contribution is 2.45. The number of benzene rings is 1. The summed E-state index contributed by atoms with van der Waals surface area (Å²) < 4.78 is 0. The van der Waals surface area contributed by atoms with E-state index in [1.807, 2.05) is 24.3 Å². The zero-order valence-electron chi connectivity index (χ0n) is 11.4. The molecule has 2 nitrogen and oxygen atoms in total. The minimum absolute atomic E-state index is 0.561. The van der Waals surface area contributed by atoms with Gasteiger partial charge in [0.2, 0.25) is 0 Å². The Morgan fingerprint density at radius 2 is 1.95 bits per heavy atom. The van der Waals surface area contributed by atoms with Crippen LogP contribution < -0.4 is 5.73 Å². The molecule has 2 N–H and O–H groups in total. The number of aromatic nitrogens is 1. The molecule has 2 heterocycles. The summed E-state index contributed by atoms with van der Waals surface area (Å²) in [6.07, 6.45) is 1.22. The fraction of sp³-hybridized carbons (Fsp3) is 0.400. The Kier molecular flexibility index (Phi) is 4.58. The van der Waals surface area contributed by atoms with Gasteiger partial charge in [-0.25, -0.2) is 4.98 Å². The van der Waals surface area contributed by atoms with Gasteiger partial charge in [0.15, 0.2) is 0 Å². The van der Waals surface area contributed by atoms with Crippen LogP contribution in [-0.2, 0) is 0 Å². The van der Waals surface area contributed by atoms with Crippen molar-refractivity contribution in [3.8, 4) is 11.3 Å². The number of nitrogens with zero attached hydrogens (tertiary/aromatic N) is 1. The average molecular weight is 323 g/mol. The maximum Gasteiger partial charge on any atom is 0.107 e. The molecule has 1 aromatic heterocycles. The predicted octanol–water partition coefficient (Wildman–Crippen LogP) is 4.69. The van der Waals surface area contributed by atoms with E-state index in [-0.39, 0.29) is 0 Å². The van der Waals surface area contributed by atoms with Crippen LogP contribution in [-0.4, -0.2) is 21.7 Å². The molecule has 1 aliphatic heterocycles. The van der Waals surface area contributed by atoms with Crippen LogP contribution in [0, 0.1) is 0 Å². The largest absolute Gasteiger partial charge is 0.399 e. The third-order valence-electron chi connectivity index (χ3n) is 3.42. The van der Waals surface area contributed by atoms with Gasteiger partial charge in [0.25, 0.3) is 0 Å². The molecule has 2 atom stereocenters. The third-order valence-corrected chi connectivity index (χ3v) is 7.76. The Morgan fingerprint density at radius 3 is 2.70 bits per heavy atom. The molecule has 5 heteroatoms. The van der Waals surface area contributed by atoms with Crippen LogP contribution in [0.5, 0.6) is 0 Å². The molecule has 0 aliphatic carbocycles. The minimum Gasteiger partial charge on any atom is -0.399 e. The van der Waals surface area contributed by atoms with E-state index in [4.69, 9.17) is 10.7 Å². The quantitative estimate of drug-likeness (QED) is 0.832. The molecule has 1 saturated heterocycles. The molecule has 2 aromatic rings. The second-order valence-electron chi connectivity index (χ2n) is 4.80. The van der Waals surface area contributed by atoms with E-state index in [1.165, 1.54) is 22.9 Å². The summed E-state index contributed by atoms with van der Waals surface area (Å²) in [5.74, 6) is 2.51. The van der Waals surface area contributed by atoms with Crippen LogP contribution in [0.1, 0.15) is 23.6 Å². The molecule has 0 saturated carbocycles. The Balaban J connectivity index is 1.84. The molecule has 0 bridgehead atoms. The Labute approximate surface area is 132 Å². The molecule has 3 rings (SSSR count). The number of rotatable bonds is 3. The van der Waals surface area contributed by atoms with Gasteiger partial charge in [-0.3, -0.25) is 0 Å². The molecular weight excluding hydrogens is 304 g/mol. The first-order valence-corrected chi connectivity index (χ1v) is 9.80. The monoisotopic (exact) mass is 322 g/mol. The topological polar surface area (TPSA) is 38.9 Å². The van der Waals surface area contributed by atoms with Crippen molar-refractivity contribution in [3.63, 3.8) is 0 Å². The highest BCUT2D eigenvalue weighted by molar-refractivity contribution is 8.06. The lowest BCUT2D eigenvalue weighted by molar-refractivity contribution is 0.789. The molecule has 2 unspecified atom stereocenters. The molecular formula is C15H18N2S3. The average Bonchev–Trinajstić information content (AvgIpc) is 2.97. The van der Waals surface area contributed by atoms with Gasteiger partial charge in [0.05, 0.1) is 10.9 Å². The third kappa shape index (κ3) is 3.00. The summed E-state index contributed by atoms with van der Waals surface area (Å²) in [4.78, 5) is 4.88. The normalized spacial score (nSPS) is 22.9. The lowest BCUT2D eigenvalue weighted by Crippen LogP contribution is -2.18. The van der Waals surface area contributed by atoms with Crippen molar-refractivity contribution in [1.29, 1.82) is 0 Å². The SMILES string of the molecule is CCC1SCCSC1c1nc(-c2ccc(N)cc2)cs1. The van der Waals surface area contributed by atoms with E-state index in [1.54, 1.807) is 11.3 Å². The van der Waals surface area contributed by atoms with Gasteiger partial charge in [-0.2, -0.15) is 11.8 Å². The van der Waals surface area contributed by atoms with E-state index in [2.05, 4.69) is 35.8 Å². The lowest BCUT2D eigenvalue weighted by Gasteiger charge is -2.28. The number of nitrogen functional groups attached to an aromatic ring is 1. The van der Waals surface area contributed by atoms with Gasteiger partial charge in [0.1, 0.15) is 5.01 Å². The predicted molar refractivity (Wildman–Crippen MR) is 93.7 cm³/mol. The van der Waals surface area contributed by atoms with Crippen molar-refractivity contribution in [1.82, 2.24) is 4.98 Å². The summed E-state index contributed by atoms with van der Waals surface area (Å²) in [5.41, 5.74) is 8.78. The smallest absolute Gasteiger partial charge is 0.107 e. The first kappa shape index (κ1) is 14.3. The number of anilines is 1. The first-order valence-electron chi connectivity index (χ1n) is 6.82. The van der Waals surface area contributed by atoms with Gasteiger partial charge in [-0.15, -0.1) is 23.1 Å². The van der Waals surface area contributed by atoms with Gasteiger partial charge in [-0.1, -0.05) is 19.1 Å². The van der Waals surface area contributed by atoms with E-state index < -0.39 is 0 Å². The lowest BCUT2D eigenvalue weighted by atomic mass is 10.1. The second kappa shape index (κ2) is 6.41. The number of nitrogens with two attached hydrogens (primary N) is 1. The Bertz CT molecular complexity index is 565. The summed E-state index contributed by atoms with van der Waals surface area (Å²) in [6, 6.07) is 7.98. The Morgan fingerprint density at radius 1 is 1.20 bits per heavy atom. The first-order chi connectivity index (χ1) is 9.78. The fourth-order valence-electron chi connectivity index (χ4n) is 2.34. The van der Waals surface area contributed by atoms with Crippen LogP contribution in [0.2, 0.25) is 0 Å². The van der Waals surface area contributed by atoms with E-state index >= 15 is 0 Å². The van der Waals surface area contributed by atoms with Gasteiger partial charge < -0.3 is 5.73 Å². The fourth-order valence-corrected chi connectivity index (χ4v) is 6.60. The van der Waals surface area contributed by atoms with Crippen molar-refractivity contribution < 1.29 is 0 Å². The number of thiazole rings is 1. The molecule has 1 aliphatic rings. The molecule has 20 heavy (non-hydrogen) atoms. The van der Waals surface area contributed by atoms with Crippen molar-refractivity contribution in [2.24, 2.45) is 0 Å². The van der Waals surface area contributed by atoms with Crippen molar-refractivity contribution >= 4 is 40.5 Å². The molecule has 106 valence electrons. The molecule has 0 radical (unpaired) electrons. The Hall–Kier alpha value is -0.650. The van der Waals surface area contributed by atoms with Crippen LogP contribution in [0.4, 0.5) is 5.69 Å². The van der Waals surface area contributed by atoms with Crippen LogP contribution in [0.3, 0.4) is 0 Å². The highest BCUT2D eigenvalue weighted by atomic mass is 32.2. The van der Waals surface area contributed by atoms with Crippen LogP contribution in [0.15, 0.2) is 29.6 Å². The van der Waals surface area contributed by atoms with Crippen molar-refractivity contribution in [3.05, 3.63) is 34.7 Å². The van der Waals surface area contributed by atoms with Gasteiger partial charge in [-0.05, 0) is 18.6 Å². The summed E-state index contributed by atoms with van der Waals surface area (Å²) in [7, 11) is 0. The number of thioether (sulfide) groups is 2. The molecule has 1 fully saturated rings. The molecule has 0 amide bonds. The van der Waals surface area contributed by atoms with Gasteiger partial charge in [0, 0.05) is 33.4 Å². The van der Waals surface area contributed by atoms with Gasteiger partial charge >= 0.3 is 0 Å². The molecule has 0 spiro atoms. The van der Waals surface area contributed by atoms with Crippen molar-refractivity contribution in [2.75, 3.05) is 17.2 Å². The zero-order valence-corrected chi connectivity index (χ0v) is 13.9. The number of hydrogen-bond acceptors (Lipinski definition) is 5. The summed E-state index contributed by atoms with van der Waals surface area (Å²) in [6.45, 7) is 2.28.